The summed E-state index contributed by atoms with van der Waals surface area (Å²) in [4.78, 5) is 0. The molecular formula is C47H34O2. The van der Waals surface area contributed by atoms with E-state index in [4.69, 9.17) is 0 Å². The predicted molar refractivity (Wildman–Crippen MR) is 202 cm³/mol. The lowest BCUT2D eigenvalue weighted by molar-refractivity contribution is 0.448. The summed E-state index contributed by atoms with van der Waals surface area (Å²) in [5, 5.41) is 28.9. The normalized spacial score (nSPS) is 13.0. The number of phenols is 2. The summed E-state index contributed by atoms with van der Waals surface area (Å²) in [7, 11) is 0. The van der Waals surface area contributed by atoms with Gasteiger partial charge in [0, 0.05) is 11.1 Å². The zero-order valence-electron chi connectivity index (χ0n) is 27.4. The SMILES string of the molecule is Cc1ccc(O)c(C2(c3cc(C)ccc3O)c3c(cccc3-c3cccc4ccccc34)-c3cccc(-c4cccc5ccccc45)c32)c1. The number of fused-ring (bicyclic) bond motifs is 5. The number of hydrogen-bond donors (Lipinski definition) is 2. The Hall–Kier alpha value is -6.12. The molecule has 0 bridgehead atoms. The van der Waals surface area contributed by atoms with Gasteiger partial charge in [0.2, 0.25) is 0 Å². The van der Waals surface area contributed by atoms with Crippen molar-refractivity contribution in [2.45, 2.75) is 19.3 Å². The highest BCUT2D eigenvalue weighted by Gasteiger charge is 2.52. The van der Waals surface area contributed by atoms with Gasteiger partial charge in [-0.3, -0.25) is 0 Å². The maximum absolute atomic E-state index is 12.1. The van der Waals surface area contributed by atoms with Crippen molar-refractivity contribution in [3.8, 4) is 44.9 Å². The molecule has 0 aromatic heterocycles. The molecule has 0 unspecified atom stereocenters. The number of phenolic OH excluding ortho intramolecular Hbond substituents is 2. The first-order chi connectivity index (χ1) is 24.0. The minimum absolute atomic E-state index is 0.186. The molecule has 1 aliphatic carbocycles. The van der Waals surface area contributed by atoms with Gasteiger partial charge in [-0.2, -0.15) is 0 Å². The monoisotopic (exact) mass is 630 g/mol. The quantitative estimate of drug-likeness (QED) is 0.203. The summed E-state index contributed by atoms with van der Waals surface area (Å²) in [6.45, 7) is 4.13. The third-order valence-corrected chi connectivity index (χ3v) is 10.4. The van der Waals surface area contributed by atoms with E-state index in [-0.39, 0.29) is 11.5 Å². The average molecular weight is 631 g/mol. The van der Waals surface area contributed by atoms with Crippen LogP contribution < -0.4 is 0 Å². The second kappa shape index (κ2) is 11.0. The van der Waals surface area contributed by atoms with Crippen molar-refractivity contribution in [3.05, 3.63) is 191 Å². The van der Waals surface area contributed by atoms with Gasteiger partial charge in [0.25, 0.3) is 0 Å². The lowest BCUT2D eigenvalue weighted by Crippen LogP contribution is -2.30. The fourth-order valence-corrected chi connectivity index (χ4v) is 8.44. The molecule has 0 heterocycles. The van der Waals surface area contributed by atoms with Crippen molar-refractivity contribution in [1.29, 1.82) is 0 Å². The Morgan fingerprint density at radius 2 is 0.714 bits per heavy atom. The maximum atomic E-state index is 12.1. The summed E-state index contributed by atoms with van der Waals surface area (Å²) in [6.07, 6.45) is 0. The molecule has 0 saturated heterocycles. The van der Waals surface area contributed by atoms with Gasteiger partial charge in [0.15, 0.2) is 0 Å². The van der Waals surface area contributed by atoms with E-state index in [1.807, 2.05) is 12.1 Å². The summed E-state index contributed by atoms with van der Waals surface area (Å²) >= 11 is 0. The smallest absolute Gasteiger partial charge is 0.120 e. The first-order valence-corrected chi connectivity index (χ1v) is 16.8. The van der Waals surface area contributed by atoms with Gasteiger partial charge in [-0.15, -0.1) is 0 Å². The summed E-state index contributed by atoms with van der Waals surface area (Å²) < 4.78 is 0. The predicted octanol–water partition coefficient (Wildman–Crippen LogP) is 11.7. The van der Waals surface area contributed by atoms with Crippen LogP contribution >= 0.6 is 0 Å². The van der Waals surface area contributed by atoms with Crippen molar-refractivity contribution in [2.24, 2.45) is 0 Å². The molecule has 0 aliphatic heterocycles. The summed E-state index contributed by atoms with van der Waals surface area (Å²) in [5.74, 6) is 0.372. The Morgan fingerprint density at radius 3 is 1.16 bits per heavy atom. The molecule has 1 aliphatic rings. The van der Waals surface area contributed by atoms with Crippen LogP contribution in [0.25, 0.3) is 54.9 Å². The van der Waals surface area contributed by atoms with Gasteiger partial charge >= 0.3 is 0 Å². The topological polar surface area (TPSA) is 40.5 Å². The number of hydrogen-bond acceptors (Lipinski definition) is 2. The number of benzene rings is 8. The van der Waals surface area contributed by atoms with Crippen LogP contribution in [0.4, 0.5) is 0 Å². The number of rotatable bonds is 4. The lowest BCUT2D eigenvalue weighted by atomic mass is 9.63. The van der Waals surface area contributed by atoms with E-state index in [9.17, 15) is 10.2 Å². The second-order valence-electron chi connectivity index (χ2n) is 13.3. The molecule has 2 nitrogen and oxygen atoms in total. The molecule has 9 rings (SSSR count). The minimum Gasteiger partial charge on any atom is -0.508 e. The van der Waals surface area contributed by atoms with E-state index >= 15 is 0 Å². The number of aromatic hydroxyl groups is 2. The Bertz CT molecular complexity index is 2420. The Kier molecular flexibility index (Phi) is 6.50. The van der Waals surface area contributed by atoms with Crippen molar-refractivity contribution in [1.82, 2.24) is 0 Å². The Labute approximate surface area is 286 Å². The van der Waals surface area contributed by atoms with Gasteiger partial charge in [0.05, 0.1) is 5.41 Å². The summed E-state index contributed by atoms with van der Waals surface area (Å²) in [6, 6.07) is 54.8. The van der Waals surface area contributed by atoms with Crippen LogP contribution in [0.15, 0.2) is 158 Å². The van der Waals surface area contributed by atoms with Gasteiger partial charge in [-0.05, 0) is 92.0 Å². The molecule has 234 valence electrons. The fourth-order valence-electron chi connectivity index (χ4n) is 8.44. The van der Waals surface area contributed by atoms with Crippen LogP contribution in [0.3, 0.4) is 0 Å². The Morgan fingerprint density at radius 1 is 0.367 bits per heavy atom. The van der Waals surface area contributed by atoms with Gasteiger partial charge in [0.1, 0.15) is 11.5 Å². The van der Waals surface area contributed by atoms with Gasteiger partial charge in [-0.1, -0.05) is 157 Å². The largest absolute Gasteiger partial charge is 0.508 e. The molecule has 0 amide bonds. The molecule has 0 saturated carbocycles. The first-order valence-electron chi connectivity index (χ1n) is 16.8. The van der Waals surface area contributed by atoms with Gasteiger partial charge in [-0.25, -0.2) is 0 Å². The van der Waals surface area contributed by atoms with Crippen LogP contribution in [0.2, 0.25) is 0 Å². The molecule has 2 heteroatoms. The van der Waals surface area contributed by atoms with Crippen molar-refractivity contribution in [2.75, 3.05) is 0 Å². The summed E-state index contributed by atoms with van der Waals surface area (Å²) in [5.41, 5.74) is 11.1. The third kappa shape index (κ3) is 4.20. The highest BCUT2D eigenvalue weighted by molar-refractivity contribution is 6.05. The highest BCUT2D eigenvalue weighted by Crippen LogP contribution is 2.64. The molecule has 49 heavy (non-hydrogen) atoms. The van der Waals surface area contributed by atoms with E-state index < -0.39 is 5.41 Å². The first kappa shape index (κ1) is 29.1. The molecule has 0 fully saturated rings. The second-order valence-corrected chi connectivity index (χ2v) is 13.3. The minimum atomic E-state index is -1.09. The molecule has 0 radical (unpaired) electrons. The molecule has 0 spiro atoms. The maximum Gasteiger partial charge on any atom is 0.120 e. The van der Waals surface area contributed by atoms with Crippen LogP contribution in [0.1, 0.15) is 33.4 Å². The van der Waals surface area contributed by atoms with E-state index in [0.717, 1.165) is 88.3 Å². The van der Waals surface area contributed by atoms with Crippen LogP contribution in [0.5, 0.6) is 11.5 Å². The van der Waals surface area contributed by atoms with Crippen LogP contribution in [-0.4, -0.2) is 10.2 Å². The molecule has 0 atom stereocenters. The standard InChI is InChI=1S/C47H34O2/c1-29-23-25-43(48)41(27-29)47(42-28-30(2)24-26-44(42)49)45-37(35-17-7-13-31-11-3-5-15-33(31)35)19-9-21-39(45)40-22-10-20-38(46(40)47)36-18-8-14-32-12-4-6-16-34(32)36/h3-28,48-49H,1-2H3. The van der Waals surface area contributed by atoms with E-state index in [1.54, 1.807) is 12.1 Å². The van der Waals surface area contributed by atoms with E-state index in [2.05, 4.69) is 147 Å². The zero-order valence-corrected chi connectivity index (χ0v) is 27.4. The van der Waals surface area contributed by atoms with Crippen molar-refractivity contribution >= 4 is 21.5 Å². The highest BCUT2D eigenvalue weighted by atomic mass is 16.3. The number of aryl methyl sites for hydroxylation is 2. The van der Waals surface area contributed by atoms with E-state index in [0.29, 0.717) is 0 Å². The third-order valence-electron chi connectivity index (χ3n) is 10.4. The van der Waals surface area contributed by atoms with Crippen molar-refractivity contribution in [3.63, 3.8) is 0 Å². The van der Waals surface area contributed by atoms with Crippen molar-refractivity contribution < 1.29 is 10.2 Å². The zero-order chi connectivity index (χ0) is 33.3. The lowest BCUT2D eigenvalue weighted by Gasteiger charge is -2.37. The molecular weight excluding hydrogens is 597 g/mol. The van der Waals surface area contributed by atoms with Crippen LogP contribution in [-0.2, 0) is 5.41 Å². The van der Waals surface area contributed by atoms with Gasteiger partial charge < -0.3 is 10.2 Å². The molecule has 8 aromatic rings. The average Bonchev–Trinajstić information content (AvgIpc) is 3.44. The van der Waals surface area contributed by atoms with E-state index in [1.165, 1.54) is 0 Å². The molecule has 8 aromatic carbocycles. The van der Waals surface area contributed by atoms with Crippen LogP contribution in [0, 0.1) is 13.8 Å². The Balaban J connectivity index is 1.54. The molecule has 2 N–H and O–H groups in total. The fraction of sp³-hybridized carbons (Fsp3) is 0.0638.